The lowest BCUT2D eigenvalue weighted by Crippen LogP contribution is -2.38. The molecule has 0 aliphatic carbocycles. The first kappa shape index (κ1) is 19.6. The normalized spacial score (nSPS) is 13.7. The Morgan fingerprint density at radius 1 is 1.00 bits per heavy atom. The van der Waals surface area contributed by atoms with Crippen LogP contribution < -0.4 is 15.0 Å². The van der Waals surface area contributed by atoms with E-state index in [0.717, 1.165) is 23.7 Å². The lowest BCUT2D eigenvalue weighted by atomic mass is 10.1. The Bertz CT molecular complexity index is 1190. The van der Waals surface area contributed by atoms with Crippen molar-refractivity contribution in [2.24, 2.45) is 0 Å². The third kappa shape index (κ3) is 4.28. The molecule has 3 aromatic carbocycles. The lowest BCUT2D eigenvalue weighted by Gasteiger charge is -2.30. The molecule has 0 bridgehead atoms. The number of rotatable bonds is 7. The van der Waals surface area contributed by atoms with Crippen molar-refractivity contribution in [3.05, 3.63) is 94.7 Å². The van der Waals surface area contributed by atoms with E-state index in [1.165, 1.54) is 16.1 Å². The zero-order valence-corrected chi connectivity index (χ0v) is 18.0. The third-order valence-corrected chi connectivity index (χ3v) is 6.73. The van der Waals surface area contributed by atoms with Gasteiger partial charge in [0.1, 0.15) is 5.75 Å². The fourth-order valence-electron chi connectivity index (χ4n) is 4.20. The molecule has 31 heavy (non-hydrogen) atoms. The maximum absolute atomic E-state index is 12.6. The second-order valence-electron chi connectivity index (χ2n) is 7.71. The van der Waals surface area contributed by atoms with Gasteiger partial charge >= 0.3 is 0 Å². The van der Waals surface area contributed by atoms with E-state index in [9.17, 15) is 4.79 Å². The molecule has 0 radical (unpaired) electrons. The Morgan fingerprint density at radius 2 is 1.84 bits per heavy atom. The molecule has 156 valence electrons. The number of carbonyl (C=O) groups is 1. The summed E-state index contributed by atoms with van der Waals surface area (Å²) in [5.41, 5.74) is 2.64. The summed E-state index contributed by atoms with van der Waals surface area (Å²) in [4.78, 5) is 16.2. The molecule has 1 aliphatic heterocycles. The van der Waals surface area contributed by atoms with Gasteiger partial charge in [-0.05, 0) is 52.4 Å². The van der Waals surface area contributed by atoms with E-state index in [4.69, 9.17) is 4.74 Å². The summed E-state index contributed by atoms with van der Waals surface area (Å²) in [6, 6.07) is 26.9. The first-order chi connectivity index (χ1) is 15.3. The highest BCUT2D eigenvalue weighted by molar-refractivity contribution is 7.10. The van der Waals surface area contributed by atoms with Gasteiger partial charge in [0.05, 0.1) is 6.04 Å². The molecule has 1 aromatic heterocycles. The largest absolute Gasteiger partial charge is 0.484 e. The lowest BCUT2D eigenvalue weighted by molar-refractivity contribution is -0.123. The van der Waals surface area contributed by atoms with Crippen molar-refractivity contribution in [3.8, 4) is 5.75 Å². The summed E-state index contributed by atoms with van der Waals surface area (Å²) in [6.07, 6.45) is 1.04. The highest BCUT2D eigenvalue weighted by Crippen LogP contribution is 2.36. The standard InChI is InChI=1S/C26H24N2O2S/c29-26(18-30-22-12-11-19-6-1-2-8-21(19)16-22)27-17-24(25-10-5-15-31-25)28-14-13-20-7-3-4-9-23(20)28/h1-12,15-16,24H,13-14,17-18H2,(H,27,29). The average molecular weight is 429 g/mol. The Labute approximate surface area is 186 Å². The molecular formula is C26H24N2O2S. The van der Waals surface area contributed by atoms with Gasteiger partial charge in [-0.1, -0.05) is 54.6 Å². The van der Waals surface area contributed by atoms with Crippen LogP contribution in [0.15, 0.2) is 84.2 Å². The van der Waals surface area contributed by atoms with Crippen LogP contribution in [0.3, 0.4) is 0 Å². The van der Waals surface area contributed by atoms with E-state index in [-0.39, 0.29) is 18.6 Å². The number of amides is 1. The predicted molar refractivity (Wildman–Crippen MR) is 127 cm³/mol. The van der Waals surface area contributed by atoms with E-state index in [0.29, 0.717) is 12.3 Å². The van der Waals surface area contributed by atoms with Crippen LogP contribution in [-0.2, 0) is 11.2 Å². The van der Waals surface area contributed by atoms with Gasteiger partial charge in [0, 0.05) is 23.7 Å². The maximum atomic E-state index is 12.6. The van der Waals surface area contributed by atoms with E-state index < -0.39 is 0 Å². The van der Waals surface area contributed by atoms with Gasteiger partial charge in [0.2, 0.25) is 0 Å². The Morgan fingerprint density at radius 3 is 2.71 bits per heavy atom. The summed E-state index contributed by atoms with van der Waals surface area (Å²) in [6.45, 7) is 1.52. The van der Waals surface area contributed by atoms with Crippen LogP contribution in [0.5, 0.6) is 5.75 Å². The first-order valence-electron chi connectivity index (χ1n) is 10.5. The molecule has 1 aliphatic rings. The number of anilines is 1. The molecule has 2 heterocycles. The number of nitrogens with one attached hydrogen (secondary N) is 1. The topological polar surface area (TPSA) is 41.6 Å². The number of para-hydroxylation sites is 1. The molecule has 0 saturated carbocycles. The van der Waals surface area contributed by atoms with Crippen molar-refractivity contribution < 1.29 is 9.53 Å². The number of benzene rings is 3. The molecule has 4 nitrogen and oxygen atoms in total. The van der Waals surface area contributed by atoms with Gasteiger partial charge in [-0.25, -0.2) is 0 Å². The van der Waals surface area contributed by atoms with Gasteiger partial charge in [0.25, 0.3) is 5.91 Å². The van der Waals surface area contributed by atoms with Crippen LogP contribution >= 0.6 is 11.3 Å². The number of carbonyl (C=O) groups excluding carboxylic acids is 1. The third-order valence-electron chi connectivity index (χ3n) is 5.75. The molecule has 1 amide bonds. The number of thiophene rings is 1. The first-order valence-corrected chi connectivity index (χ1v) is 11.4. The SMILES string of the molecule is O=C(COc1ccc2ccccc2c1)NCC(c1cccs1)N1CCc2ccccc21. The summed E-state index contributed by atoms with van der Waals surface area (Å²) >= 11 is 1.73. The Kier molecular flexibility index (Phi) is 5.59. The molecular weight excluding hydrogens is 404 g/mol. The molecule has 5 rings (SSSR count). The minimum atomic E-state index is -0.109. The van der Waals surface area contributed by atoms with E-state index >= 15 is 0 Å². The zero-order chi connectivity index (χ0) is 21.0. The molecule has 1 unspecified atom stereocenters. The van der Waals surface area contributed by atoms with E-state index in [1.54, 1.807) is 11.3 Å². The van der Waals surface area contributed by atoms with Crippen LogP contribution in [0.2, 0.25) is 0 Å². The average Bonchev–Trinajstić information content (AvgIpc) is 3.49. The van der Waals surface area contributed by atoms with Crippen molar-refractivity contribution in [1.82, 2.24) is 5.32 Å². The number of hydrogen-bond donors (Lipinski definition) is 1. The van der Waals surface area contributed by atoms with Gasteiger partial charge in [-0.15, -0.1) is 11.3 Å². The molecule has 5 heteroatoms. The van der Waals surface area contributed by atoms with Crippen LogP contribution in [-0.4, -0.2) is 25.6 Å². The van der Waals surface area contributed by atoms with Crippen molar-refractivity contribution >= 4 is 33.7 Å². The summed E-state index contributed by atoms with van der Waals surface area (Å²) in [5.74, 6) is 0.597. The predicted octanol–water partition coefficient (Wildman–Crippen LogP) is 5.20. The van der Waals surface area contributed by atoms with Crippen LogP contribution in [0, 0.1) is 0 Å². The Balaban J connectivity index is 1.23. The quantitative estimate of drug-likeness (QED) is 0.440. The van der Waals surface area contributed by atoms with Crippen LogP contribution in [0.1, 0.15) is 16.5 Å². The van der Waals surface area contributed by atoms with Crippen LogP contribution in [0.4, 0.5) is 5.69 Å². The highest BCUT2D eigenvalue weighted by atomic mass is 32.1. The van der Waals surface area contributed by atoms with Gasteiger partial charge < -0.3 is 15.0 Å². The summed E-state index contributed by atoms with van der Waals surface area (Å²) in [5, 5.41) is 7.44. The number of ether oxygens (including phenoxy) is 1. The molecule has 1 N–H and O–H groups in total. The van der Waals surface area contributed by atoms with Crippen molar-refractivity contribution in [1.29, 1.82) is 0 Å². The van der Waals surface area contributed by atoms with E-state index in [1.807, 2.05) is 36.4 Å². The van der Waals surface area contributed by atoms with Gasteiger partial charge in [-0.3, -0.25) is 4.79 Å². The fraction of sp³-hybridized carbons (Fsp3) is 0.192. The highest BCUT2D eigenvalue weighted by Gasteiger charge is 2.28. The summed E-state index contributed by atoms with van der Waals surface area (Å²) < 4.78 is 5.76. The number of fused-ring (bicyclic) bond motifs is 2. The van der Waals surface area contributed by atoms with Crippen molar-refractivity contribution in [2.45, 2.75) is 12.5 Å². The van der Waals surface area contributed by atoms with E-state index in [2.05, 4.69) is 58.1 Å². The molecule has 0 fully saturated rings. The van der Waals surface area contributed by atoms with Crippen molar-refractivity contribution in [3.63, 3.8) is 0 Å². The molecule has 1 atom stereocenters. The van der Waals surface area contributed by atoms with Crippen LogP contribution in [0.25, 0.3) is 10.8 Å². The van der Waals surface area contributed by atoms with Gasteiger partial charge in [0.15, 0.2) is 6.61 Å². The Hall–Kier alpha value is -3.31. The second-order valence-corrected chi connectivity index (χ2v) is 8.68. The zero-order valence-electron chi connectivity index (χ0n) is 17.2. The number of nitrogens with zero attached hydrogens (tertiary/aromatic N) is 1. The molecule has 4 aromatic rings. The smallest absolute Gasteiger partial charge is 0.258 e. The fourth-order valence-corrected chi connectivity index (χ4v) is 5.04. The minimum Gasteiger partial charge on any atom is -0.484 e. The molecule has 0 spiro atoms. The summed E-state index contributed by atoms with van der Waals surface area (Å²) in [7, 11) is 0. The monoisotopic (exact) mass is 428 g/mol. The maximum Gasteiger partial charge on any atom is 0.258 e. The minimum absolute atomic E-state index is 0.00604. The second kappa shape index (κ2) is 8.82. The van der Waals surface area contributed by atoms with Crippen molar-refractivity contribution in [2.75, 3.05) is 24.6 Å². The van der Waals surface area contributed by atoms with Gasteiger partial charge in [-0.2, -0.15) is 0 Å². The molecule has 0 saturated heterocycles. The number of hydrogen-bond acceptors (Lipinski definition) is 4.